The van der Waals surface area contributed by atoms with Gasteiger partial charge >= 0.3 is 0 Å². The summed E-state index contributed by atoms with van der Waals surface area (Å²) in [5, 5.41) is 2.73. The molecule has 0 bridgehead atoms. The molecule has 0 radical (unpaired) electrons. The first-order chi connectivity index (χ1) is 13.4. The molecule has 7 heteroatoms. The van der Waals surface area contributed by atoms with Gasteiger partial charge in [-0.15, -0.1) is 0 Å². The van der Waals surface area contributed by atoms with E-state index in [1.54, 1.807) is 67.6 Å². The number of aryl methyl sites for hydroxylation is 1. The lowest BCUT2D eigenvalue weighted by Gasteiger charge is -2.13. The molecule has 1 amide bonds. The highest BCUT2D eigenvalue weighted by Gasteiger charge is 2.18. The van der Waals surface area contributed by atoms with Crippen molar-refractivity contribution in [2.24, 2.45) is 0 Å². The Morgan fingerprint density at radius 2 is 1.54 bits per heavy atom. The lowest BCUT2D eigenvalue weighted by atomic mass is 10.2. The standard InChI is InChI=1S/C21H20N2O4S/c1-15-8-9-18(22-21(24)16-6-4-3-5-7-16)14-20(15)28(25,26)23-17-10-12-19(27-2)13-11-17/h3-14,23H,1-2H3,(H,22,24). The molecule has 0 heterocycles. The third-order valence-electron chi connectivity index (χ3n) is 4.11. The summed E-state index contributed by atoms with van der Waals surface area (Å²) < 4.78 is 33.3. The van der Waals surface area contributed by atoms with Crippen LogP contribution < -0.4 is 14.8 Å². The summed E-state index contributed by atoms with van der Waals surface area (Å²) in [5.74, 6) is 0.320. The summed E-state index contributed by atoms with van der Waals surface area (Å²) >= 11 is 0. The number of hydrogen-bond acceptors (Lipinski definition) is 4. The summed E-state index contributed by atoms with van der Waals surface area (Å²) in [5.41, 5.74) is 1.87. The maximum atomic E-state index is 12.8. The minimum Gasteiger partial charge on any atom is -0.497 e. The largest absolute Gasteiger partial charge is 0.497 e. The first-order valence-corrected chi connectivity index (χ1v) is 10.0. The molecule has 28 heavy (non-hydrogen) atoms. The van der Waals surface area contributed by atoms with E-state index < -0.39 is 10.0 Å². The van der Waals surface area contributed by atoms with Crippen molar-refractivity contribution in [1.29, 1.82) is 0 Å². The Kier molecular flexibility index (Phi) is 5.65. The first kappa shape index (κ1) is 19.4. The van der Waals surface area contributed by atoms with Crippen molar-refractivity contribution in [2.45, 2.75) is 11.8 Å². The van der Waals surface area contributed by atoms with Crippen molar-refractivity contribution < 1.29 is 17.9 Å². The summed E-state index contributed by atoms with van der Waals surface area (Å²) in [6, 6.07) is 20.1. The highest BCUT2D eigenvalue weighted by molar-refractivity contribution is 7.92. The lowest BCUT2D eigenvalue weighted by Crippen LogP contribution is -2.16. The average Bonchev–Trinajstić information content (AvgIpc) is 2.70. The number of hydrogen-bond donors (Lipinski definition) is 2. The summed E-state index contributed by atoms with van der Waals surface area (Å²) in [4.78, 5) is 12.4. The van der Waals surface area contributed by atoms with Crippen LogP contribution >= 0.6 is 0 Å². The topological polar surface area (TPSA) is 84.5 Å². The number of ether oxygens (including phenoxy) is 1. The first-order valence-electron chi connectivity index (χ1n) is 8.53. The van der Waals surface area contributed by atoms with Crippen LogP contribution in [0.25, 0.3) is 0 Å². The van der Waals surface area contributed by atoms with E-state index in [2.05, 4.69) is 10.0 Å². The third-order valence-corrected chi connectivity index (χ3v) is 5.64. The average molecular weight is 396 g/mol. The fraction of sp³-hybridized carbons (Fsp3) is 0.0952. The normalized spacial score (nSPS) is 10.9. The maximum absolute atomic E-state index is 12.8. The minimum atomic E-state index is -3.83. The Balaban J connectivity index is 1.84. The third kappa shape index (κ3) is 4.50. The van der Waals surface area contributed by atoms with Gasteiger partial charge < -0.3 is 10.1 Å². The molecule has 0 aliphatic heterocycles. The quantitative estimate of drug-likeness (QED) is 0.658. The molecule has 0 aromatic heterocycles. The van der Waals surface area contributed by atoms with Crippen LogP contribution in [0.3, 0.4) is 0 Å². The van der Waals surface area contributed by atoms with Crippen LogP contribution in [0.5, 0.6) is 5.75 Å². The number of anilines is 2. The predicted octanol–water partition coefficient (Wildman–Crippen LogP) is 4.06. The lowest BCUT2D eigenvalue weighted by molar-refractivity contribution is 0.102. The zero-order valence-electron chi connectivity index (χ0n) is 15.5. The zero-order chi connectivity index (χ0) is 20.1. The molecule has 2 N–H and O–H groups in total. The van der Waals surface area contributed by atoms with Gasteiger partial charge in [-0.25, -0.2) is 8.42 Å². The van der Waals surface area contributed by atoms with Crippen LogP contribution in [0.2, 0.25) is 0 Å². The van der Waals surface area contributed by atoms with Gasteiger partial charge in [-0.1, -0.05) is 24.3 Å². The van der Waals surface area contributed by atoms with E-state index in [0.717, 1.165) is 0 Å². The predicted molar refractivity (Wildman–Crippen MR) is 109 cm³/mol. The van der Waals surface area contributed by atoms with Crippen molar-refractivity contribution in [3.05, 3.63) is 83.9 Å². The Morgan fingerprint density at radius 3 is 2.18 bits per heavy atom. The van der Waals surface area contributed by atoms with Crippen molar-refractivity contribution >= 4 is 27.3 Å². The monoisotopic (exact) mass is 396 g/mol. The fourth-order valence-electron chi connectivity index (χ4n) is 2.63. The molecular weight excluding hydrogens is 376 g/mol. The van der Waals surface area contributed by atoms with Gasteiger partial charge in [0, 0.05) is 16.9 Å². The molecule has 3 rings (SSSR count). The number of benzene rings is 3. The number of methoxy groups -OCH3 is 1. The smallest absolute Gasteiger partial charge is 0.262 e. The molecule has 0 aliphatic rings. The van der Waals surface area contributed by atoms with Crippen LogP contribution in [-0.4, -0.2) is 21.4 Å². The van der Waals surface area contributed by atoms with Crippen molar-refractivity contribution in [2.75, 3.05) is 17.1 Å². The van der Waals surface area contributed by atoms with Crippen molar-refractivity contribution in [3.63, 3.8) is 0 Å². The Hall–Kier alpha value is -3.32. The van der Waals surface area contributed by atoms with Gasteiger partial charge in [-0.05, 0) is 61.0 Å². The van der Waals surface area contributed by atoms with Crippen molar-refractivity contribution in [3.8, 4) is 5.75 Å². The summed E-state index contributed by atoms with van der Waals surface area (Å²) in [7, 11) is -2.29. The molecule has 0 unspecified atom stereocenters. The van der Waals surface area contributed by atoms with Gasteiger partial charge in [0.1, 0.15) is 5.75 Å². The van der Waals surface area contributed by atoms with Crippen LogP contribution in [0.15, 0.2) is 77.7 Å². The SMILES string of the molecule is COc1ccc(NS(=O)(=O)c2cc(NC(=O)c3ccccc3)ccc2C)cc1. The molecule has 0 spiro atoms. The second-order valence-corrected chi connectivity index (χ2v) is 7.79. The number of nitrogens with one attached hydrogen (secondary N) is 2. The van der Waals surface area contributed by atoms with Crippen LogP contribution in [0.4, 0.5) is 11.4 Å². The van der Waals surface area contributed by atoms with E-state index in [9.17, 15) is 13.2 Å². The van der Waals surface area contributed by atoms with Gasteiger partial charge in [-0.3, -0.25) is 9.52 Å². The summed E-state index contributed by atoms with van der Waals surface area (Å²) in [6.07, 6.45) is 0. The van der Waals surface area contributed by atoms with Crippen LogP contribution in [-0.2, 0) is 10.0 Å². The van der Waals surface area contributed by atoms with Gasteiger partial charge in [0.25, 0.3) is 15.9 Å². The molecule has 6 nitrogen and oxygen atoms in total. The molecule has 0 atom stereocenters. The number of carbonyl (C=O) groups excluding carboxylic acids is 1. The van der Waals surface area contributed by atoms with E-state index in [-0.39, 0.29) is 10.8 Å². The molecule has 0 aliphatic carbocycles. The second-order valence-electron chi connectivity index (χ2n) is 6.13. The molecule has 0 saturated heterocycles. The fourth-order valence-corrected chi connectivity index (χ4v) is 3.96. The van der Waals surface area contributed by atoms with Crippen LogP contribution in [0.1, 0.15) is 15.9 Å². The molecule has 3 aromatic carbocycles. The van der Waals surface area contributed by atoms with E-state index in [1.165, 1.54) is 13.2 Å². The Labute approximate surface area is 164 Å². The van der Waals surface area contributed by atoms with E-state index >= 15 is 0 Å². The molecule has 3 aromatic rings. The number of amides is 1. The second kappa shape index (κ2) is 8.14. The number of sulfonamides is 1. The van der Waals surface area contributed by atoms with Gasteiger partial charge in [0.05, 0.1) is 12.0 Å². The van der Waals surface area contributed by atoms with E-state index in [4.69, 9.17) is 4.74 Å². The highest BCUT2D eigenvalue weighted by Crippen LogP contribution is 2.24. The molecule has 0 fully saturated rings. The number of carbonyl (C=O) groups is 1. The molecule has 0 saturated carbocycles. The van der Waals surface area contributed by atoms with Gasteiger partial charge in [-0.2, -0.15) is 0 Å². The van der Waals surface area contributed by atoms with E-state index in [1.807, 2.05) is 6.07 Å². The highest BCUT2D eigenvalue weighted by atomic mass is 32.2. The minimum absolute atomic E-state index is 0.0918. The maximum Gasteiger partial charge on any atom is 0.262 e. The van der Waals surface area contributed by atoms with Gasteiger partial charge in [0.15, 0.2) is 0 Å². The Morgan fingerprint density at radius 1 is 0.893 bits per heavy atom. The Bertz CT molecular complexity index is 1080. The number of rotatable bonds is 6. The summed E-state index contributed by atoms with van der Waals surface area (Å²) in [6.45, 7) is 1.70. The zero-order valence-corrected chi connectivity index (χ0v) is 16.3. The molecular formula is C21H20N2O4S. The van der Waals surface area contributed by atoms with Crippen molar-refractivity contribution in [1.82, 2.24) is 0 Å². The van der Waals surface area contributed by atoms with E-state index in [0.29, 0.717) is 28.3 Å². The van der Waals surface area contributed by atoms with Gasteiger partial charge in [0.2, 0.25) is 0 Å². The molecule has 144 valence electrons. The van der Waals surface area contributed by atoms with Crippen LogP contribution in [0, 0.1) is 6.92 Å².